The summed E-state index contributed by atoms with van der Waals surface area (Å²) in [4.78, 5) is 17.7. The van der Waals surface area contributed by atoms with Crippen LogP contribution < -0.4 is 10.9 Å². The first-order chi connectivity index (χ1) is 8.58. The molecule has 1 aromatic carbocycles. The minimum Gasteiger partial charge on any atom is -0.362 e. The Labute approximate surface area is 114 Å². The number of hydrogen-bond donors (Lipinski definition) is 2. The van der Waals surface area contributed by atoms with Crippen molar-refractivity contribution >= 4 is 29.0 Å². The molecule has 18 heavy (non-hydrogen) atoms. The molecular weight excluding hydrogens is 273 g/mol. The van der Waals surface area contributed by atoms with Gasteiger partial charge in [-0.15, -0.1) is 0 Å². The largest absolute Gasteiger partial charge is 0.362 e. The Morgan fingerprint density at radius 3 is 2.61 bits per heavy atom. The number of hydrogen-bond acceptors (Lipinski definition) is 3. The Balaban J connectivity index is 2.21. The van der Waals surface area contributed by atoms with Gasteiger partial charge in [0.1, 0.15) is 5.02 Å². The van der Waals surface area contributed by atoms with Gasteiger partial charge in [0.05, 0.1) is 6.33 Å². The third-order valence-electron chi connectivity index (χ3n) is 2.52. The maximum atomic E-state index is 11.3. The van der Waals surface area contributed by atoms with E-state index >= 15 is 0 Å². The molecule has 0 saturated carbocycles. The molecule has 1 heterocycles. The number of rotatable bonds is 3. The van der Waals surface area contributed by atoms with E-state index in [0.29, 0.717) is 10.8 Å². The number of nitrogens with one attached hydrogen (secondary N) is 2. The standard InChI is InChI=1S/C12H11Cl2N3O/c1-7(8-2-4-9(13)5-3-8)17-11-10(14)12(18)16-6-15-11/h2-7H,1H3,(H2,15,16,17,18). The lowest BCUT2D eigenvalue weighted by Crippen LogP contribution is -2.14. The normalized spacial score (nSPS) is 12.2. The van der Waals surface area contributed by atoms with Gasteiger partial charge in [0.2, 0.25) is 0 Å². The van der Waals surface area contributed by atoms with E-state index in [1.165, 1.54) is 6.33 Å². The first-order valence-corrected chi connectivity index (χ1v) is 6.08. The van der Waals surface area contributed by atoms with Gasteiger partial charge in [-0.05, 0) is 24.6 Å². The molecule has 0 fully saturated rings. The zero-order valence-electron chi connectivity index (χ0n) is 9.58. The van der Waals surface area contributed by atoms with Crippen molar-refractivity contribution in [2.75, 3.05) is 5.32 Å². The molecule has 2 N–H and O–H groups in total. The molecule has 0 aliphatic heterocycles. The van der Waals surface area contributed by atoms with Gasteiger partial charge in [-0.2, -0.15) is 0 Å². The molecule has 2 rings (SSSR count). The van der Waals surface area contributed by atoms with Crippen molar-refractivity contribution in [2.24, 2.45) is 0 Å². The molecule has 0 bridgehead atoms. The molecule has 6 heteroatoms. The van der Waals surface area contributed by atoms with Gasteiger partial charge in [-0.3, -0.25) is 4.79 Å². The summed E-state index contributed by atoms with van der Waals surface area (Å²) in [5.41, 5.74) is 0.662. The van der Waals surface area contributed by atoms with Crippen molar-refractivity contribution in [1.29, 1.82) is 0 Å². The number of halogens is 2. The maximum absolute atomic E-state index is 11.3. The summed E-state index contributed by atoms with van der Waals surface area (Å²) in [5, 5.41) is 3.81. The minimum atomic E-state index is -0.363. The molecule has 1 atom stereocenters. The summed E-state index contributed by atoms with van der Waals surface area (Å²) in [7, 11) is 0. The zero-order chi connectivity index (χ0) is 13.1. The topological polar surface area (TPSA) is 57.8 Å². The van der Waals surface area contributed by atoms with Gasteiger partial charge in [-0.25, -0.2) is 4.98 Å². The summed E-state index contributed by atoms with van der Waals surface area (Å²) in [6.45, 7) is 1.95. The van der Waals surface area contributed by atoms with Gasteiger partial charge in [0.15, 0.2) is 5.82 Å². The van der Waals surface area contributed by atoms with E-state index in [1.54, 1.807) is 0 Å². The molecule has 0 aliphatic rings. The predicted octanol–water partition coefficient (Wildman–Crippen LogP) is 3.25. The van der Waals surface area contributed by atoms with Crippen LogP contribution in [0.1, 0.15) is 18.5 Å². The van der Waals surface area contributed by atoms with E-state index in [9.17, 15) is 4.79 Å². The zero-order valence-corrected chi connectivity index (χ0v) is 11.1. The molecule has 0 radical (unpaired) electrons. The lowest BCUT2D eigenvalue weighted by Gasteiger charge is -2.15. The fourth-order valence-electron chi connectivity index (χ4n) is 1.52. The van der Waals surface area contributed by atoms with Crippen LogP contribution in [0.4, 0.5) is 5.82 Å². The lowest BCUT2D eigenvalue weighted by atomic mass is 10.1. The highest BCUT2D eigenvalue weighted by Gasteiger charge is 2.10. The molecule has 1 unspecified atom stereocenters. The summed E-state index contributed by atoms with van der Waals surface area (Å²) in [6.07, 6.45) is 1.31. The van der Waals surface area contributed by atoms with Crippen LogP contribution in [0.2, 0.25) is 10.0 Å². The molecule has 2 aromatic rings. The fraction of sp³-hybridized carbons (Fsp3) is 0.167. The Bertz CT molecular complexity index is 595. The minimum absolute atomic E-state index is 0.0333. The van der Waals surface area contributed by atoms with Gasteiger partial charge in [0, 0.05) is 11.1 Å². The van der Waals surface area contributed by atoms with Crippen LogP contribution in [0.25, 0.3) is 0 Å². The highest BCUT2D eigenvalue weighted by Crippen LogP contribution is 2.22. The van der Waals surface area contributed by atoms with Gasteiger partial charge < -0.3 is 10.3 Å². The number of anilines is 1. The average molecular weight is 284 g/mol. The summed E-state index contributed by atoms with van der Waals surface area (Å²) < 4.78 is 0. The summed E-state index contributed by atoms with van der Waals surface area (Å²) >= 11 is 11.7. The van der Waals surface area contributed by atoms with Crippen LogP contribution in [0.15, 0.2) is 35.4 Å². The number of aromatic amines is 1. The van der Waals surface area contributed by atoms with Crippen molar-refractivity contribution < 1.29 is 0 Å². The number of nitrogens with zero attached hydrogens (tertiary/aromatic N) is 1. The molecule has 0 amide bonds. The Morgan fingerprint density at radius 2 is 1.94 bits per heavy atom. The first-order valence-electron chi connectivity index (χ1n) is 5.33. The second-order valence-electron chi connectivity index (χ2n) is 3.81. The van der Waals surface area contributed by atoms with Crippen LogP contribution in [-0.2, 0) is 0 Å². The Hall–Kier alpha value is -1.52. The van der Waals surface area contributed by atoms with Gasteiger partial charge in [0.25, 0.3) is 5.56 Å². The summed E-state index contributed by atoms with van der Waals surface area (Å²) in [5.74, 6) is 0.364. The SMILES string of the molecule is CC(Nc1nc[nH]c(=O)c1Cl)c1ccc(Cl)cc1. The van der Waals surface area contributed by atoms with Crippen molar-refractivity contribution in [2.45, 2.75) is 13.0 Å². The van der Waals surface area contributed by atoms with Crippen LogP contribution >= 0.6 is 23.2 Å². The third-order valence-corrected chi connectivity index (χ3v) is 3.12. The predicted molar refractivity (Wildman–Crippen MR) is 73.4 cm³/mol. The maximum Gasteiger partial charge on any atom is 0.271 e. The van der Waals surface area contributed by atoms with Crippen molar-refractivity contribution in [3.8, 4) is 0 Å². The number of aromatic nitrogens is 2. The van der Waals surface area contributed by atoms with Crippen LogP contribution in [0, 0.1) is 0 Å². The Morgan fingerprint density at radius 1 is 1.28 bits per heavy atom. The van der Waals surface area contributed by atoms with Gasteiger partial charge >= 0.3 is 0 Å². The molecule has 94 valence electrons. The summed E-state index contributed by atoms with van der Waals surface area (Å²) in [6, 6.07) is 7.39. The molecule has 4 nitrogen and oxygen atoms in total. The average Bonchev–Trinajstić information content (AvgIpc) is 2.36. The molecule has 0 aliphatic carbocycles. The van der Waals surface area contributed by atoms with Crippen LogP contribution in [0.3, 0.4) is 0 Å². The quantitative estimate of drug-likeness (QED) is 0.909. The fourth-order valence-corrected chi connectivity index (χ4v) is 1.81. The second kappa shape index (κ2) is 5.42. The third kappa shape index (κ3) is 2.83. The monoisotopic (exact) mass is 283 g/mol. The van der Waals surface area contributed by atoms with Crippen LogP contribution in [0.5, 0.6) is 0 Å². The second-order valence-corrected chi connectivity index (χ2v) is 4.63. The highest BCUT2D eigenvalue weighted by molar-refractivity contribution is 6.32. The van der Waals surface area contributed by atoms with E-state index in [2.05, 4.69) is 15.3 Å². The first kappa shape index (κ1) is 12.9. The van der Waals surface area contributed by atoms with Crippen molar-refractivity contribution in [3.63, 3.8) is 0 Å². The van der Waals surface area contributed by atoms with E-state index in [1.807, 2.05) is 31.2 Å². The van der Waals surface area contributed by atoms with Gasteiger partial charge in [-0.1, -0.05) is 35.3 Å². The smallest absolute Gasteiger partial charge is 0.271 e. The lowest BCUT2D eigenvalue weighted by molar-refractivity contribution is 0.870. The van der Waals surface area contributed by atoms with E-state index in [4.69, 9.17) is 23.2 Å². The number of H-pyrrole nitrogens is 1. The molecular formula is C12H11Cl2N3O. The van der Waals surface area contributed by atoms with E-state index < -0.39 is 0 Å². The molecule has 1 aromatic heterocycles. The number of benzene rings is 1. The highest BCUT2D eigenvalue weighted by atomic mass is 35.5. The Kier molecular flexibility index (Phi) is 3.89. The molecule has 0 spiro atoms. The van der Waals surface area contributed by atoms with E-state index in [-0.39, 0.29) is 16.6 Å². The molecule has 0 saturated heterocycles. The van der Waals surface area contributed by atoms with Crippen LogP contribution in [-0.4, -0.2) is 9.97 Å². The van der Waals surface area contributed by atoms with E-state index in [0.717, 1.165) is 5.56 Å². The van der Waals surface area contributed by atoms with Crippen molar-refractivity contribution in [3.05, 3.63) is 56.6 Å². The van der Waals surface area contributed by atoms with Crippen molar-refractivity contribution in [1.82, 2.24) is 9.97 Å².